The molecule has 0 aliphatic heterocycles. The average Bonchev–Trinajstić information content (AvgIpc) is 2.85. The van der Waals surface area contributed by atoms with E-state index in [1.165, 1.54) is 24.4 Å². The first-order chi connectivity index (χ1) is 18.9. The standard InChI is InChI=1S/C38H52FNO2/c1-24(40-23-25-16-32(39)14-15-33(25)41)38(42,30-19-26(34(2,3)4)17-27(20-30)35(5,6)7)31-21-28(36(8,9)10)18-29(22-31)37(11,12)13/h14-24,41-42H,1-13H3. The van der Waals surface area contributed by atoms with Crippen LogP contribution in [0.3, 0.4) is 0 Å². The quantitative estimate of drug-likeness (QED) is 0.299. The Morgan fingerprint density at radius 2 is 0.929 bits per heavy atom. The summed E-state index contributed by atoms with van der Waals surface area (Å²) in [7, 11) is 0. The van der Waals surface area contributed by atoms with Crippen LogP contribution >= 0.6 is 0 Å². The van der Waals surface area contributed by atoms with E-state index in [4.69, 9.17) is 4.99 Å². The molecule has 228 valence electrons. The molecule has 1 atom stereocenters. The lowest BCUT2D eigenvalue weighted by atomic mass is 9.71. The van der Waals surface area contributed by atoms with E-state index in [1.54, 1.807) is 0 Å². The molecule has 0 fully saturated rings. The van der Waals surface area contributed by atoms with Crippen LogP contribution in [0.4, 0.5) is 4.39 Å². The minimum absolute atomic E-state index is 0.0645. The molecule has 0 aliphatic rings. The number of aliphatic hydroxyl groups is 1. The zero-order valence-corrected chi connectivity index (χ0v) is 28.1. The predicted octanol–water partition coefficient (Wildman–Crippen LogP) is 9.46. The van der Waals surface area contributed by atoms with Crippen molar-refractivity contribution in [2.75, 3.05) is 0 Å². The molecule has 3 rings (SSSR count). The maximum Gasteiger partial charge on any atom is 0.137 e. The number of rotatable bonds is 5. The molecule has 3 aromatic rings. The summed E-state index contributed by atoms with van der Waals surface area (Å²) in [6.45, 7) is 28.1. The third kappa shape index (κ3) is 7.32. The SMILES string of the molecule is CC(N=Cc1cc(F)ccc1O)C(O)(c1cc(C(C)(C)C)cc(C(C)(C)C)c1)c1cc(C(C)(C)C)cc(C(C)(C)C)c1. The number of aliphatic imine (C=N–C) groups is 1. The number of phenolic OH excluding ortho intramolecular Hbond substituents is 1. The van der Waals surface area contributed by atoms with Crippen LogP contribution in [-0.2, 0) is 27.3 Å². The summed E-state index contributed by atoms with van der Waals surface area (Å²) in [6, 6.07) is 16.0. The molecule has 0 saturated heterocycles. The summed E-state index contributed by atoms with van der Waals surface area (Å²) in [5, 5.41) is 23.5. The van der Waals surface area contributed by atoms with E-state index in [0.29, 0.717) is 0 Å². The molecule has 0 aliphatic carbocycles. The van der Waals surface area contributed by atoms with Crippen molar-refractivity contribution in [3.63, 3.8) is 0 Å². The normalized spacial score (nSPS) is 14.5. The minimum atomic E-state index is -1.53. The molecule has 3 nitrogen and oxygen atoms in total. The Hall–Kier alpha value is -2.98. The van der Waals surface area contributed by atoms with Crippen molar-refractivity contribution in [3.05, 3.63) is 99.4 Å². The van der Waals surface area contributed by atoms with E-state index < -0.39 is 17.5 Å². The highest BCUT2D eigenvalue weighted by Crippen LogP contribution is 2.42. The Morgan fingerprint density at radius 1 is 0.595 bits per heavy atom. The van der Waals surface area contributed by atoms with Crippen molar-refractivity contribution in [1.29, 1.82) is 0 Å². The van der Waals surface area contributed by atoms with E-state index in [1.807, 2.05) is 6.92 Å². The number of nitrogens with zero attached hydrogens (tertiary/aromatic N) is 1. The molecule has 4 heteroatoms. The second-order valence-electron chi connectivity index (χ2n) is 16.0. The molecule has 1 unspecified atom stereocenters. The Kier molecular flexibility index (Phi) is 8.99. The van der Waals surface area contributed by atoms with Crippen LogP contribution in [0.25, 0.3) is 0 Å². The fourth-order valence-corrected chi connectivity index (χ4v) is 5.01. The van der Waals surface area contributed by atoms with Gasteiger partial charge in [-0.1, -0.05) is 119 Å². The monoisotopic (exact) mass is 573 g/mol. The first-order valence-electron chi connectivity index (χ1n) is 15.0. The van der Waals surface area contributed by atoms with Crippen LogP contribution in [0.1, 0.15) is 129 Å². The van der Waals surface area contributed by atoms with Crippen LogP contribution in [0.2, 0.25) is 0 Å². The topological polar surface area (TPSA) is 52.8 Å². The fraction of sp³-hybridized carbons (Fsp3) is 0.500. The van der Waals surface area contributed by atoms with Gasteiger partial charge in [0, 0.05) is 11.8 Å². The third-order valence-corrected chi connectivity index (χ3v) is 8.24. The van der Waals surface area contributed by atoms with E-state index in [0.717, 1.165) is 33.4 Å². The van der Waals surface area contributed by atoms with Gasteiger partial charge in [0.2, 0.25) is 0 Å². The molecular weight excluding hydrogens is 521 g/mol. The third-order valence-electron chi connectivity index (χ3n) is 8.24. The Morgan fingerprint density at radius 3 is 1.26 bits per heavy atom. The first-order valence-corrected chi connectivity index (χ1v) is 15.0. The average molecular weight is 574 g/mol. The van der Waals surface area contributed by atoms with Crippen molar-refractivity contribution >= 4 is 6.21 Å². The number of halogens is 1. The van der Waals surface area contributed by atoms with Gasteiger partial charge in [0.25, 0.3) is 0 Å². The molecule has 0 bridgehead atoms. The van der Waals surface area contributed by atoms with E-state index in [9.17, 15) is 14.6 Å². The van der Waals surface area contributed by atoms with E-state index in [-0.39, 0.29) is 33.0 Å². The molecule has 0 radical (unpaired) electrons. The van der Waals surface area contributed by atoms with Gasteiger partial charge in [0.05, 0.1) is 6.04 Å². The van der Waals surface area contributed by atoms with E-state index >= 15 is 0 Å². The Balaban J connectivity index is 2.44. The molecule has 2 N–H and O–H groups in total. The van der Waals surface area contributed by atoms with Gasteiger partial charge in [-0.05, 0) is 80.2 Å². The number of phenols is 1. The number of hydrogen-bond acceptors (Lipinski definition) is 3. The maximum absolute atomic E-state index is 14.0. The number of aromatic hydroxyl groups is 1. The molecule has 42 heavy (non-hydrogen) atoms. The summed E-state index contributed by atoms with van der Waals surface area (Å²) in [6.07, 6.45) is 1.46. The molecular formula is C38H52FNO2. The highest BCUT2D eigenvalue weighted by atomic mass is 19.1. The lowest BCUT2D eigenvalue weighted by molar-refractivity contribution is 0.0583. The Bertz CT molecular complexity index is 1320. The second-order valence-corrected chi connectivity index (χ2v) is 16.0. The van der Waals surface area contributed by atoms with Crippen LogP contribution in [0.15, 0.2) is 59.6 Å². The number of benzene rings is 3. The maximum atomic E-state index is 14.0. The summed E-state index contributed by atoms with van der Waals surface area (Å²) < 4.78 is 14.0. The summed E-state index contributed by atoms with van der Waals surface area (Å²) in [4.78, 5) is 4.79. The highest BCUT2D eigenvalue weighted by Gasteiger charge is 2.41. The van der Waals surface area contributed by atoms with Gasteiger partial charge < -0.3 is 10.2 Å². The second kappa shape index (κ2) is 11.3. The molecule has 0 heterocycles. The van der Waals surface area contributed by atoms with Gasteiger partial charge in [0.1, 0.15) is 17.2 Å². The van der Waals surface area contributed by atoms with Crippen LogP contribution in [0.5, 0.6) is 5.75 Å². The van der Waals surface area contributed by atoms with Gasteiger partial charge in [-0.15, -0.1) is 0 Å². The summed E-state index contributed by atoms with van der Waals surface area (Å²) in [5.74, 6) is -0.525. The van der Waals surface area contributed by atoms with E-state index in [2.05, 4.69) is 119 Å². The van der Waals surface area contributed by atoms with Gasteiger partial charge in [0.15, 0.2) is 0 Å². The van der Waals surface area contributed by atoms with Gasteiger partial charge in [-0.2, -0.15) is 0 Å². The van der Waals surface area contributed by atoms with Gasteiger partial charge >= 0.3 is 0 Å². The van der Waals surface area contributed by atoms with Crippen molar-refractivity contribution < 1.29 is 14.6 Å². The lowest BCUT2D eigenvalue weighted by Gasteiger charge is -2.38. The molecule has 0 saturated carbocycles. The van der Waals surface area contributed by atoms with Crippen molar-refractivity contribution in [1.82, 2.24) is 0 Å². The fourth-order valence-electron chi connectivity index (χ4n) is 5.01. The first kappa shape index (κ1) is 33.5. The van der Waals surface area contributed by atoms with Crippen LogP contribution in [0, 0.1) is 5.82 Å². The smallest absolute Gasteiger partial charge is 0.137 e. The van der Waals surface area contributed by atoms with Crippen LogP contribution < -0.4 is 0 Å². The van der Waals surface area contributed by atoms with Crippen molar-refractivity contribution in [2.45, 2.75) is 123 Å². The summed E-state index contributed by atoms with van der Waals surface area (Å²) in [5.41, 5.74) is 4.18. The zero-order valence-electron chi connectivity index (χ0n) is 28.1. The number of hydrogen-bond donors (Lipinski definition) is 2. The highest BCUT2D eigenvalue weighted by molar-refractivity contribution is 5.83. The molecule has 3 aromatic carbocycles. The molecule has 0 amide bonds. The molecule has 0 spiro atoms. The lowest BCUT2D eigenvalue weighted by Crippen LogP contribution is -2.39. The molecule has 0 aromatic heterocycles. The van der Waals surface area contributed by atoms with Gasteiger partial charge in [-0.3, -0.25) is 4.99 Å². The Labute approximate surface area is 253 Å². The zero-order chi connectivity index (χ0) is 32.1. The van der Waals surface area contributed by atoms with Crippen molar-refractivity contribution in [2.24, 2.45) is 4.99 Å². The van der Waals surface area contributed by atoms with Crippen molar-refractivity contribution in [3.8, 4) is 5.75 Å². The predicted molar refractivity (Wildman–Crippen MR) is 176 cm³/mol. The largest absolute Gasteiger partial charge is 0.507 e. The summed E-state index contributed by atoms with van der Waals surface area (Å²) >= 11 is 0. The van der Waals surface area contributed by atoms with Gasteiger partial charge in [-0.25, -0.2) is 4.39 Å². The van der Waals surface area contributed by atoms with Crippen LogP contribution in [-0.4, -0.2) is 22.5 Å². The minimum Gasteiger partial charge on any atom is -0.507 e.